The van der Waals surface area contributed by atoms with Crippen LogP contribution in [0.1, 0.15) is 0 Å². The first-order valence-corrected chi connectivity index (χ1v) is 5.35. The van der Waals surface area contributed by atoms with E-state index < -0.39 is 10.2 Å². The van der Waals surface area contributed by atoms with Crippen molar-refractivity contribution in [1.82, 2.24) is 4.90 Å². The summed E-state index contributed by atoms with van der Waals surface area (Å²) in [6, 6.07) is 0. The van der Waals surface area contributed by atoms with Gasteiger partial charge >= 0.3 is 0 Å². The number of halogens is 1. The van der Waals surface area contributed by atoms with Gasteiger partial charge in [0.25, 0.3) is 0 Å². The standard InChI is InChI=1S/C8H17N2O.ClHO4/c1-9(2)6-8(11-5)7-10(3)4;2-1(3,4)5/h6-7H,1-5H3;(H,2,3,4,5)/q+1;/p-1. The molecule has 0 heterocycles. The maximum Gasteiger partial charge on any atom is 0.206 e. The molecule has 7 nitrogen and oxygen atoms in total. The summed E-state index contributed by atoms with van der Waals surface area (Å²) in [5.74, 6) is 0.847. The first-order chi connectivity index (χ1) is 7.06. The molecule has 0 bridgehead atoms. The third kappa shape index (κ3) is 23.2. The fourth-order valence-corrected chi connectivity index (χ4v) is 0.648. The summed E-state index contributed by atoms with van der Waals surface area (Å²) >= 11 is 0. The van der Waals surface area contributed by atoms with Gasteiger partial charge < -0.3 is 9.64 Å². The average molecular weight is 257 g/mol. The SMILES string of the molecule is CO/C(C=[N+](C)C)=C\N(C)C.[O-][Cl+3]([O-])([O-])[O-]. The van der Waals surface area contributed by atoms with Crippen molar-refractivity contribution in [2.75, 3.05) is 35.3 Å². The van der Waals surface area contributed by atoms with Gasteiger partial charge in [-0.2, -0.15) is 0 Å². The highest BCUT2D eigenvalue weighted by atomic mass is 35.7. The molecule has 16 heavy (non-hydrogen) atoms. The molecular weight excluding hydrogens is 240 g/mol. The Bertz CT molecular complexity index is 237. The predicted molar refractivity (Wildman–Crippen MR) is 47.0 cm³/mol. The Morgan fingerprint density at radius 2 is 1.56 bits per heavy atom. The van der Waals surface area contributed by atoms with Crippen LogP contribution in [0.3, 0.4) is 0 Å². The molecule has 0 unspecified atom stereocenters. The van der Waals surface area contributed by atoms with Crippen molar-refractivity contribution in [1.29, 1.82) is 0 Å². The first kappa shape index (κ1) is 17.5. The summed E-state index contributed by atoms with van der Waals surface area (Å²) in [5.41, 5.74) is 0. The summed E-state index contributed by atoms with van der Waals surface area (Å²) in [6.45, 7) is 0. The largest absolute Gasteiger partial charge is 0.490 e. The van der Waals surface area contributed by atoms with E-state index in [1.165, 1.54) is 0 Å². The van der Waals surface area contributed by atoms with Crippen LogP contribution in [0.2, 0.25) is 0 Å². The summed E-state index contributed by atoms with van der Waals surface area (Å²) in [6.07, 6.45) is 3.83. The Kier molecular flexibility index (Phi) is 9.11. The maximum absolute atomic E-state index is 8.49. The lowest BCUT2D eigenvalue weighted by Gasteiger charge is -2.17. The number of hydrogen-bond acceptors (Lipinski definition) is 6. The smallest absolute Gasteiger partial charge is 0.206 e. The molecular formula is C8H17ClN2O5. The molecule has 0 saturated carbocycles. The summed E-state index contributed by atoms with van der Waals surface area (Å²) < 4.78 is 41.0. The van der Waals surface area contributed by atoms with E-state index in [0.717, 1.165) is 5.76 Å². The Morgan fingerprint density at radius 1 is 1.19 bits per heavy atom. The van der Waals surface area contributed by atoms with Gasteiger partial charge in [-0.15, -0.1) is 10.2 Å². The second kappa shape index (κ2) is 8.31. The van der Waals surface area contributed by atoms with Crippen molar-refractivity contribution in [3.63, 3.8) is 0 Å². The molecule has 0 aliphatic rings. The molecule has 96 valence electrons. The van der Waals surface area contributed by atoms with E-state index in [1.54, 1.807) is 7.11 Å². The lowest BCUT2D eigenvalue weighted by molar-refractivity contribution is -2.00. The molecule has 0 aliphatic carbocycles. The van der Waals surface area contributed by atoms with Gasteiger partial charge in [0.15, 0.2) is 5.76 Å². The monoisotopic (exact) mass is 256 g/mol. The lowest BCUT2D eigenvalue weighted by atomic mass is 10.5. The van der Waals surface area contributed by atoms with Gasteiger partial charge in [0.1, 0.15) is 14.1 Å². The quantitative estimate of drug-likeness (QED) is 0.287. The summed E-state index contributed by atoms with van der Waals surface area (Å²) in [7, 11) is 4.56. The van der Waals surface area contributed by atoms with Crippen molar-refractivity contribution in [2.45, 2.75) is 0 Å². The van der Waals surface area contributed by atoms with Crippen molar-refractivity contribution in [3.8, 4) is 0 Å². The molecule has 8 heteroatoms. The number of methoxy groups -OCH3 is 1. The van der Waals surface area contributed by atoms with Gasteiger partial charge in [-0.1, -0.05) is 0 Å². The molecule has 0 N–H and O–H groups in total. The normalized spacial score (nSPS) is 11.2. The van der Waals surface area contributed by atoms with E-state index in [0.29, 0.717) is 0 Å². The van der Waals surface area contributed by atoms with Gasteiger partial charge in [0.2, 0.25) is 6.21 Å². The van der Waals surface area contributed by atoms with Crippen LogP contribution < -0.4 is 18.6 Å². The highest BCUT2D eigenvalue weighted by Gasteiger charge is 1.95. The van der Waals surface area contributed by atoms with Crippen LogP contribution in [-0.2, 0) is 4.74 Å². The average Bonchev–Trinajstić information content (AvgIpc) is 1.97. The zero-order valence-corrected chi connectivity index (χ0v) is 10.7. The second-order valence-electron chi connectivity index (χ2n) is 3.17. The van der Waals surface area contributed by atoms with Gasteiger partial charge in [0.05, 0.1) is 7.11 Å². The molecule has 0 aromatic carbocycles. The number of allylic oxidation sites excluding steroid dienone is 1. The highest BCUT2D eigenvalue weighted by Crippen LogP contribution is 1.91. The van der Waals surface area contributed by atoms with E-state index in [2.05, 4.69) is 0 Å². The van der Waals surface area contributed by atoms with Gasteiger partial charge in [-0.05, 0) is 0 Å². The van der Waals surface area contributed by atoms with Gasteiger partial charge in [0, 0.05) is 20.3 Å². The number of ether oxygens (including phenoxy) is 1. The molecule has 0 fully saturated rings. The first-order valence-electron chi connectivity index (χ1n) is 4.11. The van der Waals surface area contributed by atoms with Crippen molar-refractivity contribution < 1.29 is 38.2 Å². The van der Waals surface area contributed by atoms with E-state index >= 15 is 0 Å². The zero-order chi connectivity index (χ0) is 13.4. The minimum atomic E-state index is -4.94. The predicted octanol–water partition coefficient (Wildman–Crippen LogP) is -4.38. The van der Waals surface area contributed by atoms with Crippen molar-refractivity contribution in [3.05, 3.63) is 12.0 Å². The zero-order valence-electron chi connectivity index (χ0n) is 9.97. The summed E-state index contributed by atoms with van der Waals surface area (Å²) in [4.78, 5) is 1.94. The van der Waals surface area contributed by atoms with Gasteiger partial charge in [-0.3, -0.25) is 0 Å². The molecule has 0 aliphatic heterocycles. The Hall–Kier alpha value is -0.860. The van der Waals surface area contributed by atoms with Crippen molar-refractivity contribution >= 4 is 6.21 Å². The molecule has 0 spiro atoms. The topological polar surface area (TPSA) is 108 Å². The van der Waals surface area contributed by atoms with Crippen LogP contribution in [0.5, 0.6) is 0 Å². The minimum absolute atomic E-state index is 0.847. The lowest BCUT2D eigenvalue weighted by Crippen LogP contribution is -2.68. The Balaban J connectivity index is 0. The number of nitrogens with zero attached hydrogens (tertiary/aromatic N) is 2. The fraction of sp³-hybridized carbons (Fsp3) is 0.625. The van der Waals surface area contributed by atoms with E-state index in [1.807, 2.05) is 50.1 Å². The van der Waals surface area contributed by atoms with Crippen molar-refractivity contribution in [2.24, 2.45) is 0 Å². The van der Waals surface area contributed by atoms with Crippen LogP contribution in [0, 0.1) is 10.2 Å². The third-order valence-corrected chi connectivity index (χ3v) is 1.01. The van der Waals surface area contributed by atoms with Crippen LogP contribution in [0.25, 0.3) is 0 Å². The molecule has 0 aromatic rings. The molecule has 0 rings (SSSR count). The van der Waals surface area contributed by atoms with Crippen LogP contribution in [0.4, 0.5) is 0 Å². The van der Waals surface area contributed by atoms with Crippen LogP contribution in [0.15, 0.2) is 12.0 Å². The van der Waals surface area contributed by atoms with E-state index in [-0.39, 0.29) is 0 Å². The molecule has 0 atom stereocenters. The Morgan fingerprint density at radius 3 is 1.75 bits per heavy atom. The van der Waals surface area contributed by atoms with E-state index in [9.17, 15) is 0 Å². The second-order valence-corrected chi connectivity index (χ2v) is 3.93. The Labute approximate surface area is 97.2 Å². The third-order valence-electron chi connectivity index (χ3n) is 1.01. The highest BCUT2D eigenvalue weighted by molar-refractivity contribution is 5.70. The van der Waals surface area contributed by atoms with E-state index in [4.69, 9.17) is 23.4 Å². The molecule has 0 saturated heterocycles. The van der Waals surface area contributed by atoms with Crippen LogP contribution in [-0.4, -0.2) is 51.0 Å². The minimum Gasteiger partial charge on any atom is -0.490 e. The number of rotatable bonds is 3. The molecule has 0 radical (unpaired) electrons. The molecule has 0 aromatic heterocycles. The van der Waals surface area contributed by atoms with Gasteiger partial charge in [-0.25, -0.2) is 23.2 Å². The summed E-state index contributed by atoms with van der Waals surface area (Å²) in [5, 5.41) is 0. The maximum atomic E-state index is 8.49. The fourth-order valence-electron chi connectivity index (χ4n) is 0.648. The number of hydrogen-bond donors (Lipinski definition) is 0. The van der Waals surface area contributed by atoms with Crippen LogP contribution >= 0.6 is 0 Å². The molecule has 0 amide bonds.